The number of nitro groups is 1. The van der Waals surface area contributed by atoms with E-state index in [0.717, 1.165) is 19.3 Å². The summed E-state index contributed by atoms with van der Waals surface area (Å²) in [5, 5.41) is 11.2. The molecule has 0 saturated heterocycles. The molecule has 104 valence electrons. The molecule has 0 radical (unpaired) electrons. The van der Waals surface area contributed by atoms with Crippen LogP contribution in [0.25, 0.3) is 0 Å². The third-order valence-corrected chi connectivity index (χ3v) is 3.65. The number of nitrogens with zero attached hydrogens (tertiary/aromatic N) is 1. The van der Waals surface area contributed by atoms with Crippen molar-refractivity contribution in [3.63, 3.8) is 0 Å². The molecule has 2 rings (SSSR count). The van der Waals surface area contributed by atoms with Crippen LogP contribution >= 0.6 is 0 Å². The summed E-state index contributed by atoms with van der Waals surface area (Å²) in [6.07, 6.45) is 4.40. The maximum absolute atomic E-state index is 11.2. The number of nitro benzene ring substituents is 1. The van der Waals surface area contributed by atoms with Crippen LogP contribution in [0, 0.1) is 16.0 Å². The number of benzene rings is 1. The Morgan fingerprint density at radius 3 is 2.79 bits per heavy atom. The third-order valence-electron chi connectivity index (χ3n) is 3.65. The van der Waals surface area contributed by atoms with Crippen LogP contribution in [-0.2, 0) is 0 Å². The van der Waals surface area contributed by atoms with Crippen molar-refractivity contribution in [1.29, 1.82) is 0 Å². The fraction of sp³-hybridized carbons (Fsp3) is 0.538. The van der Waals surface area contributed by atoms with Crippen LogP contribution in [0.4, 0.5) is 11.4 Å². The number of hydrogen-bond donors (Lipinski definition) is 2. The maximum atomic E-state index is 11.2. The Labute approximate surface area is 112 Å². The van der Waals surface area contributed by atoms with Gasteiger partial charge in [-0.1, -0.05) is 19.4 Å². The normalized spacial score (nSPS) is 22.8. The molecule has 0 amide bonds. The number of hydrogen-bond acceptors (Lipinski definition) is 5. The first-order chi connectivity index (χ1) is 9.13. The molecule has 0 spiro atoms. The fourth-order valence-corrected chi connectivity index (χ4v) is 2.54. The summed E-state index contributed by atoms with van der Waals surface area (Å²) in [6.45, 7) is 2.13. The molecule has 0 aliphatic heterocycles. The van der Waals surface area contributed by atoms with Crippen molar-refractivity contribution in [2.75, 3.05) is 5.43 Å². The Morgan fingerprint density at radius 2 is 2.16 bits per heavy atom. The molecular formula is C13H19N3O3. The summed E-state index contributed by atoms with van der Waals surface area (Å²) in [5.74, 6) is 6.02. The first kappa shape index (κ1) is 13.6. The summed E-state index contributed by atoms with van der Waals surface area (Å²) in [4.78, 5) is 10.7. The number of nitrogens with two attached hydrogens (primary N) is 1. The Morgan fingerprint density at radius 1 is 1.42 bits per heavy atom. The second-order valence-electron chi connectivity index (χ2n) is 4.97. The van der Waals surface area contributed by atoms with Crippen molar-refractivity contribution >= 4 is 11.4 Å². The molecule has 1 saturated carbocycles. The Kier molecular flexibility index (Phi) is 4.21. The highest BCUT2D eigenvalue weighted by Crippen LogP contribution is 2.37. The standard InChI is InChI=1S/C13H19N3O3/c1-9-5-2-3-7-11(9)19-12-8-4-6-10(15-14)13(12)16(17)18/h4,6,8-9,11,15H,2-3,5,7,14H2,1H3. The minimum atomic E-state index is -0.460. The number of anilines is 1. The number of nitrogen functional groups attached to an aromatic ring is 1. The highest BCUT2D eigenvalue weighted by molar-refractivity contribution is 5.67. The van der Waals surface area contributed by atoms with E-state index >= 15 is 0 Å². The van der Waals surface area contributed by atoms with Crippen LogP contribution < -0.4 is 16.0 Å². The molecule has 0 bridgehead atoms. The van der Waals surface area contributed by atoms with E-state index in [1.807, 2.05) is 0 Å². The average Bonchev–Trinajstić information content (AvgIpc) is 2.40. The predicted molar refractivity (Wildman–Crippen MR) is 73.0 cm³/mol. The zero-order chi connectivity index (χ0) is 13.8. The number of rotatable bonds is 4. The van der Waals surface area contributed by atoms with Crippen molar-refractivity contribution in [3.8, 4) is 5.75 Å². The summed E-state index contributed by atoms with van der Waals surface area (Å²) < 4.78 is 5.87. The molecule has 6 nitrogen and oxygen atoms in total. The van der Waals surface area contributed by atoms with Gasteiger partial charge >= 0.3 is 5.69 Å². The lowest BCUT2D eigenvalue weighted by Crippen LogP contribution is -2.28. The van der Waals surface area contributed by atoms with Gasteiger partial charge in [0.25, 0.3) is 0 Å². The van der Waals surface area contributed by atoms with Crippen LogP contribution in [0.1, 0.15) is 32.6 Å². The second kappa shape index (κ2) is 5.88. The minimum absolute atomic E-state index is 0.0421. The number of hydrazine groups is 1. The van der Waals surface area contributed by atoms with Crippen molar-refractivity contribution < 1.29 is 9.66 Å². The van der Waals surface area contributed by atoms with Crippen LogP contribution in [0.2, 0.25) is 0 Å². The molecule has 1 fully saturated rings. The van der Waals surface area contributed by atoms with Gasteiger partial charge in [0.1, 0.15) is 11.8 Å². The lowest BCUT2D eigenvalue weighted by Gasteiger charge is -2.29. The van der Waals surface area contributed by atoms with Crippen molar-refractivity contribution in [1.82, 2.24) is 0 Å². The molecule has 3 N–H and O–H groups in total. The molecule has 19 heavy (non-hydrogen) atoms. The van der Waals surface area contributed by atoms with Gasteiger partial charge in [0.05, 0.1) is 4.92 Å². The zero-order valence-electron chi connectivity index (χ0n) is 11.0. The van der Waals surface area contributed by atoms with Gasteiger partial charge in [0.2, 0.25) is 0 Å². The SMILES string of the molecule is CC1CCCCC1Oc1cccc(NN)c1[N+](=O)[O-]. The smallest absolute Gasteiger partial charge is 0.335 e. The van der Waals surface area contributed by atoms with E-state index in [4.69, 9.17) is 10.6 Å². The molecule has 6 heteroatoms. The van der Waals surface area contributed by atoms with Gasteiger partial charge in [-0.25, -0.2) is 0 Å². The molecule has 0 aromatic heterocycles. The monoisotopic (exact) mass is 265 g/mol. The largest absolute Gasteiger partial charge is 0.483 e. The van der Waals surface area contributed by atoms with E-state index in [2.05, 4.69) is 12.3 Å². The first-order valence-corrected chi connectivity index (χ1v) is 6.54. The van der Waals surface area contributed by atoms with Gasteiger partial charge in [-0.2, -0.15) is 0 Å². The van der Waals surface area contributed by atoms with E-state index in [9.17, 15) is 10.1 Å². The van der Waals surface area contributed by atoms with Gasteiger partial charge < -0.3 is 10.2 Å². The molecule has 0 heterocycles. The van der Waals surface area contributed by atoms with Gasteiger partial charge in [-0.05, 0) is 37.3 Å². The first-order valence-electron chi connectivity index (χ1n) is 6.54. The zero-order valence-corrected chi connectivity index (χ0v) is 11.0. The van der Waals surface area contributed by atoms with Crippen molar-refractivity contribution in [2.45, 2.75) is 38.7 Å². The number of para-hydroxylation sites is 1. The van der Waals surface area contributed by atoms with Crippen LogP contribution in [0.3, 0.4) is 0 Å². The predicted octanol–water partition coefficient (Wildman–Crippen LogP) is 2.84. The maximum Gasteiger partial charge on any atom is 0.335 e. The molecule has 1 aromatic carbocycles. The Bertz CT molecular complexity index is 464. The topological polar surface area (TPSA) is 90.4 Å². The van der Waals surface area contributed by atoms with Gasteiger partial charge in [0, 0.05) is 0 Å². The summed E-state index contributed by atoms with van der Waals surface area (Å²) >= 11 is 0. The van der Waals surface area contributed by atoms with E-state index < -0.39 is 4.92 Å². The van der Waals surface area contributed by atoms with E-state index in [1.165, 1.54) is 6.42 Å². The van der Waals surface area contributed by atoms with Crippen LogP contribution in [0.15, 0.2) is 18.2 Å². The van der Waals surface area contributed by atoms with Crippen LogP contribution in [-0.4, -0.2) is 11.0 Å². The highest BCUT2D eigenvalue weighted by atomic mass is 16.6. The Balaban J connectivity index is 2.26. The molecule has 2 atom stereocenters. The van der Waals surface area contributed by atoms with Gasteiger partial charge in [-0.15, -0.1) is 0 Å². The molecule has 1 aliphatic carbocycles. The molecule has 1 aromatic rings. The molecule has 2 unspecified atom stereocenters. The number of nitrogens with one attached hydrogen (secondary N) is 1. The molecular weight excluding hydrogens is 246 g/mol. The number of ether oxygens (including phenoxy) is 1. The lowest BCUT2D eigenvalue weighted by molar-refractivity contribution is -0.385. The summed E-state index contributed by atoms with van der Waals surface area (Å²) in [5.41, 5.74) is 2.52. The minimum Gasteiger partial charge on any atom is -0.483 e. The van der Waals surface area contributed by atoms with Gasteiger partial charge in [0.15, 0.2) is 5.75 Å². The third kappa shape index (κ3) is 2.96. The van der Waals surface area contributed by atoms with Crippen molar-refractivity contribution in [2.24, 2.45) is 11.8 Å². The van der Waals surface area contributed by atoms with E-state index in [0.29, 0.717) is 11.7 Å². The summed E-state index contributed by atoms with van der Waals surface area (Å²) in [7, 11) is 0. The van der Waals surface area contributed by atoms with E-state index in [1.54, 1.807) is 18.2 Å². The fourth-order valence-electron chi connectivity index (χ4n) is 2.54. The quantitative estimate of drug-likeness (QED) is 0.496. The van der Waals surface area contributed by atoms with E-state index in [-0.39, 0.29) is 17.5 Å². The second-order valence-corrected chi connectivity index (χ2v) is 4.97. The average molecular weight is 265 g/mol. The highest BCUT2D eigenvalue weighted by Gasteiger charge is 2.27. The Hall–Kier alpha value is -1.82. The van der Waals surface area contributed by atoms with Crippen molar-refractivity contribution in [3.05, 3.63) is 28.3 Å². The summed E-state index contributed by atoms with van der Waals surface area (Å²) in [6, 6.07) is 4.89. The van der Waals surface area contributed by atoms with Crippen LogP contribution in [0.5, 0.6) is 5.75 Å². The molecule has 1 aliphatic rings. The van der Waals surface area contributed by atoms with Gasteiger partial charge in [-0.3, -0.25) is 16.0 Å². The lowest BCUT2D eigenvalue weighted by atomic mass is 9.88.